The second-order valence-electron chi connectivity index (χ2n) is 14.4. The van der Waals surface area contributed by atoms with E-state index in [4.69, 9.17) is 19.4 Å². The Hall–Kier alpha value is -7.83. The van der Waals surface area contributed by atoms with E-state index in [1.165, 1.54) is 5.39 Å². The van der Waals surface area contributed by atoms with Crippen LogP contribution in [0.5, 0.6) is 0 Å². The highest BCUT2D eigenvalue weighted by molar-refractivity contribution is 6.23. The summed E-state index contributed by atoms with van der Waals surface area (Å²) in [7, 11) is 0. The van der Waals surface area contributed by atoms with Crippen LogP contribution in [-0.2, 0) is 0 Å². The molecule has 266 valence electrons. The summed E-state index contributed by atoms with van der Waals surface area (Å²) < 4.78 is 11.2. The third-order valence-corrected chi connectivity index (χ3v) is 11.2. The third-order valence-electron chi connectivity index (χ3n) is 11.2. The van der Waals surface area contributed by atoms with E-state index in [9.17, 15) is 0 Å². The minimum Gasteiger partial charge on any atom is -0.455 e. The van der Waals surface area contributed by atoms with E-state index in [2.05, 4.69) is 155 Å². The van der Waals surface area contributed by atoms with E-state index < -0.39 is 0 Å². The maximum atomic E-state index is 6.56. The molecule has 0 atom stereocenters. The van der Waals surface area contributed by atoms with Crippen LogP contribution < -0.4 is 0 Å². The van der Waals surface area contributed by atoms with Gasteiger partial charge in [-0.3, -0.25) is 0 Å². The largest absolute Gasteiger partial charge is 0.455 e. The van der Waals surface area contributed by atoms with Gasteiger partial charge < -0.3 is 13.6 Å². The average molecular weight is 730 g/mol. The fourth-order valence-electron chi connectivity index (χ4n) is 8.61. The van der Waals surface area contributed by atoms with Crippen LogP contribution in [-0.4, -0.2) is 24.1 Å². The Kier molecular flexibility index (Phi) is 6.83. The Balaban J connectivity index is 1.05. The SMILES string of the molecule is c1ccc(-c2nc(-c3cccc(-n4c5ccccc5c5c6oc7ccccc7c6ccc54)c3)nc(-c3ccc4c(c3)c3ccccc3n4-c3ccccc3)n2)cc1. The van der Waals surface area contributed by atoms with Crippen LogP contribution in [0.25, 0.3) is 111 Å². The number of benzene rings is 8. The number of fused-ring (bicyclic) bond motifs is 10. The van der Waals surface area contributed by atoms with E-state index in [0.717, 1.165) is 88.2 Å². The topological polar surface area (TPSA) is 61.7 Å². The van der Waals surface area contributed by atoms with E-state index >= 15 is 0 Å². The van der Waals surface area contributed by atoms with Gasteiger partial charge in [0.15, 0.2) is 17.5 Å². The van der Waals surface area contributed by atoms with E-state index in [1.807, 2.05) is 42.5 Å². The first-order valence-corrected chi connectivity index (χ1v) is 19.1. The molecule has 0 fully saturated rings. The van der Waals surface area contributed by atoms with Crippen molar-refractivity contribution in [3.8, 4) is 45.5 Å². The predicted octanol–water partition coefficient (Wildman–Crippen LogP) is 13.0. The lowest BCUT2D eigenvalue weighted by molar-refractivity contribution is 0.673. The highest BCUT2D eigenvalue weighted by Gasteiger charge is 2.20. The van der Waals surface area contributed by atoms with Crippen molar-refractivity contribution < 1.29 is 4.42 Å². The zero-order valence-electron chi connectivity index (χ0n) is 30.5. The average Bonchev–Trinajstić information content (AvgIpc) is 3.94. The van der Waals surface area contributed by atoms with Gasteiger partial charge in [0.05, 0.1) is 27.5 Å². The first kappa shape index (κ1) is 31.5. The van der Waals surface area contributed by atoms with Gasteiger partial charge in [0, 0.05) is 55.0 Å². The number of furan rings is 1. The van der Waals surface area contributed by atoms with Gasteiger partial charge in [-0.25, -0.2) is 15.0 Å². The van der Waals surface area contributed by atoms with Crippen LogP contribution in [0.15, 0.2) is 192 Å². The van der Waals surface area contributed by atoms with E-state index in [0.29, 0.717) is 17.5 Å². The minimum atomic E-state index is 0.605. The summed E-state index contributed by atoms with van der Waals surface area (Å²) in [6, 6.07) is 65.5. The van der Waals surface area contributed by atoms with Crippen LogP contribution >= 0.6 is 0 Å². The molecule has 4 heterocycles. The van der Waals surface area contributed by atoms with Crippen molar-refractivity contribution in [2.45, 2.75) is 0 Å². The van der Waals surface area contributed by atoms with Crippen LogP contribution in [0.4, 0.5) is 0 Å². The molecule has 0 amide bonds. The molecule has 0 aliphatic heterocycles. The number of nitrogens with zero attached hydrogens (tertiary/aromatic N) is 5. The van der Waals surface area contributed by atoms with E-state index in [-0.39, 0.29) is 0 Å². The molecule has 0 spiro atoms. The van der Waals surface area contributed by atoms with Crippen LogP contribution in [0.2, 0.25) is 0 Å². The summed E-state index contributed by atoms with van der Waals surface area (Å²) in [5.74, 6) is 1.84. The Labute approximate surface area is 326 Å². The highest BCUT2D eigenvalue weighted by Crippen LogP contribution is 2.41. The first-order valence-electron chi connectivity index (χ1n) is 19.1. The van der Waals surface area contributed by atoms with Crippen molar-refractivity contribution in [2.75, 3.05) is 0 Å². The van der Waals surface area contributed by atoms with Crippen molar-refractivity contribution in [3.05, 3.63) is 188 Å². The summed E-state index contributed by atoms with van der Waals surface area (Å²) in [4.78, 5) is 15.4. The van der Waals surface area contributed by atoms with E-state index in [1.54, 1.807) is 0 Å². The molecule has 6 nitrogen and oxygen atoms in total. The lowest BCUT2D eigenvalue weighted by Crippen LogP contribution is -2.01. The Bertz CT molecular complexity index is 3520. The lowest BCUT2D eigenvalue weighted by atomic mass is 10.1. The van der Waals surface area contributed by atoms with Crippen molar-refractivity contribution in [2.24, 2.45) is 0 Å². The van der Waals surface area contributed by atoms with Crippen LogP contribution in [0.3, 0.4) is 0 Å². The first-order chi connectivity index (χ1) is 28.3. The quantitative estimate of drug-likeness (QED) is 0.177. The molecule has 4 aromatic heterocycles. The fraction of sp³-hybridized carbons (Fsp3) is 0. The van der Waals surface area contributed by atoms with Crippen LogP contribution in [0, 0.1) is 0 Å². The third kappa shape index (κ3) is 4.87. The molecule has 12 aromatic rings. The Morgan fingerprint density at radius 3 is 1.67 bits per heavy atom. The van der Waals surface area contributed by atoms with Gasteiger partial charge in [-0.15, -0.1) is 0 Å². The standard InChI is InChI=1S/C51H31N5O/c1-3-14-32(15-4-1)49-52-50(54-51(53-49)34-26-28-44-41(31-34)37-20-7-10-23-42(37)55(44)35-17-5-2-6-18-35)33-16-13-19-36(30-33)56-43-24-11-8-22-40(43)47-45(56)29-27-39-38-21-9-12-25-46(38)57-48(39)47/h1-31H. The van der Waals surface area contributed by atoms with Gasteiger partial charge >= 0.3 is 0 Å². The molecule has 12 rings (SSSR count). The number of para-hydroxylation sites is 4. The second-order valence-corrected chi connectivity index (χ2v) is 14.4. The summed E-state index contributed by atoms with van der Waals surface area (Å²) >= 11 is 0. The molecule has 0 saturated carbocycles. The number of aromatic nitrogens is 5. The van der Waals surface area contributed by atoms with Gasteiger partial charge in [0.2, 0.25) is 0 Å². The smallest absolute Gasteiger partial charge is 0.164 e. The zero-order valence-corrected chi connectivity index (χ0v) is 30.5. The summed E-state index contributed by atoms with van der Waals surface area (Å²) in [5, 5.41) is 6.79. The molecular weight excluding hydrogens is 699 g/mol. The highest BCUT2D eigenvalue weighted by atomic mass is 16.3. The maximum Gasteiger partial charge on any atom is 0.164 e. The Morgan fingerprint density at radius 1 is 0.333 bits per heavy atom. The predicted molar refractivity (Wildman–Crippen MR) is 232 cm³/mol. The molecule has 0 saturated heterocycles. The number of rotatable bonds is 5. The van der Waals surface area contributed by atoms with Crippen molar-refractivity contribution in [1.29, 1.82) is 0 Å². The molecule has 0 bridgehead atoms. The monoisotopic (exact) mass is 729 g/mol. The lowest BCUT2D eigenvalue weighted by Gasteiger charge is -2.12. The van der Waals surface area contributed by atoms with Gasteiger partial charge in [-0.05, 0) is 72.8 Å². The van der Waals surface area contributed by atoms with Crippen molar-refractivity contribution in [3.63, 3.8) is 0 Å². The molecule has 0 unspecified atom stereocenters. The molecule has 0 aliphatic carbocycles. The molecule has 0 N–H and O–H groups in total. The number of hydrogen-bond acceptors (Lipinski definition) is 4. The van der Waals surface area contributed by atoms with Gasteiger partial charge in [-0.1, -0.05) is 115 Å². The molecule has 57 heavy (non-hydrogen) atoms. The zero-order chi connectivity index (χ0) is 37.5. The van der Waals surface area contributed by atoms with Crippen LogP contribution in [0.1, 0.15) is 0 Å². The molecule has 0 aliphatic rings. The summed E-state index contributed by atoms with van der Waals surface area (Å²) in [6.45, 7) is 0. The van der Waals surface area contributed by atoms with Gasteiger partial charge in [0.25, 0.3) is 0 Å². The fourth-order valence-corrected chi connectivity index (χ4v) is 8.61. The molecule has 0 radical (unpaired) electrons. The molecular formula is C51H31N5O. The number of hydrogen-bond donors (Lipinski definition) is 0. The summed E-state index contributed by atoms with van der Waals surface area (Å²) in [6.07, 6.45) is 0. The Morgan fingerprint density at radius 2 is 0.877 bits per heavy atom. The van der Waals surface area contributed by atoms with Gasteiger partial charge in [-0.2, -0.15) is 0 Å². The molecule has 8 aromatic carbocycles. The van der Waals surface area contributed by atoms with Crippen molar-refractivity contribution >= 4 is 65.6 Å². The minimum absolute atomic E-state index is 0.605. The van der Waals surface area contributed by atoms with Crippen molar-refractivity contribution in [1.82, 2.24) is 24.1 Å². The second kappa shape index (κ2) is 12.3. The normalized spacial score (nSPS) is 11.9. The molecule has 6 heteroatoms. The summed E-state index contributed by atoms with van der Waals surface area (Å²) in [5.41, 5.74) is 11.1. The maximum absolute atomic E-state index is 6.56. The van der Waals surface area contributed by atoms with Gasteiger partial charge in [0.1, 0.15) is 11.2 Å².